The molecule has 0 aliphatic heterocycles. The SMILES string of the molecule is CC(C)(OC(=O)CI)c1ccccc1. The van der Waals surface area contributed by atoms with Gasteiger partial charge in [0.15, 0.2) is 0 Å². The first-order valence-corrected chi connectivity index (χ1v) is 5.92. The van der Waals surface area contributed by atoms with Crippen LogP contribution in [0, 0.1) is 0 Å². The lowest BCUT2D eigenvalue weighted by atomic mass is 9.98. The average molecular weight is 304 g/mol. The highest BCUT2D eigenvalue weighted by molar-refractivity contribution is 14.1. The number of esters is 1. The van der Waals surface area contributed by atoms with E-state index in [0.717, 1.165) is 5.56 Å². The summed E-state index contributed by atoms with van der Waals surface area (Å²) in [5.74, 6) is -0.181. The molecule has 0 saturated heterocycles. The van der Waals surface area contributed by atoms with Gasteiger partial charge in [-0.25, -0.2) is 0 Å². The lowest BCUT2D eigenvalue weighted by Gasteiger charge is -2.25. The number of benzene rings is 1. The molecular weight excluding hydrogens is 291 g/mol. The Kier molecular flexibility index (Phi) is 3.92. The van der Waals surface area contributed by atoms with Crippen molar-refractivity contribution in [3.63, 3.8) is 0 Å². The molecule has 0 aliphatic carbocycles. The van der Waals surface area contributed by atoms with Gasteiger partial charge in [0.05, 0.1) is 4.43 Å². The second-order valence-corrected chi connectivity index (χ2v) is 4.25. The Morgan fingerprint density at radius 1 is 1.36 bits per heavy atom. The zero-order valence-electron chi connectivity index (χ0n) is 8.29. The Labute approximate surface area is 97.8 Å². The number of ether oxygens (including phenoxy) is 1. The van der Waals surface area contributed by atoms with Crippen molar-refractivity contribution in [3.8, 4) is 0 Å². The van der Waals surface area contributed by atoms with Crippen LogP contribution in [0.15, 0.2) is 30.3 Å². The number of carbonyl (C=O) groups is 1. The summed E-state index contributed by atoms with van der Waals surface area (Å²) in [6.07, 6.45) is 0. The molecule has 0 fully saturated rings. The van der Waals surface area contributed by atoms with Gasteiger partial charge in [-0.2, -0.15) is 0 Å². The third-order valence-electron chi connectivity index (χ3n) is 1.95. The Morgan fingerprint density at radius 2 is 1.93 bits per heavy atom. The number of alkyl halides is 1. The van der Waals surface area contributed by atoms with Crippen molar-refractivity contribution in [2.24, 2.45) is 0 Å². The summed E-state index contributed by atoms with van der Waals surface area (Å²) < 4.78 is 5.71. The first-order valence-electron chi connectivity index (χ1n) is 4.39. The van der Waals surface area contributed by atoms with Gasteiger partial charge in [-0.15, -0.1) is 0 Å². The van der Waals surface area contributed by atoms with Crippen molar-refractivity contribution in [2.75, 3.05) is 4.43 Å². The van der Waals surface area contributed by atoms with Crippen molar-refractivity contribution in [3.05, 3.63) is 35.9 Å². The largest absolute Gasteiger partial charge is 0.454 e. The van der Waals surface area contributed by atoms with Crippen LogP contribution in [0.3, 0.4) is 0 Å². The van der Waals surface area contributed by atoms with E-state index in [1.807, 2.05) is 66.8 Å². The maximum absolute atomic E-state index is 11.2. The van der Waals surface area contributed by atoms with E-state index < -0.39 is 5.60 Å². The number of carbonyl (C=O) groups excluding carboxylic acids is 1. The van der Waals surface area contributed by atoms with Gasteiger partial charge in [0.2, 0.25) is 0 Å². The van der Waals surface area contributed by atoms with Crippen molar-refractivity contribution in [2.45, 2.75) is 19.4 Å². The molecule has 0 radical (unpaired) electrons. The van der Waals surface area contributed by atoms with Crippen LogP contribution >= 0.6 is 22.6 Å². The molecule has 1 rings (SSSR count). The summed E-state index contributed by atoms with van der Waals surface area (Å²) in [6.45, 7) is 3.79. The highest BCUT2D eigenvalue weighted by Crippen LogP contribution is 2.24. The van der Waals surface area contributed by atoms with Crippen molar-refractivity contribution >= 4 is 28.6 Å². The van der Waals surface area contributed by atoms with Crippen LogP contribution < -0.4 is 0 Å². The smallest absolute Gasteiger partial charge is 0.316 e. The van der Waals surface area contributed by atoms with E-state index in [0.29, 0.717) is 4.43 Å². The lowest BCUT2D eigenvalue weighted by molar-refractivity contribution is -0.153. The van der Waals surface area contributed by atoms with Crippen molar-refractivity contribution in [1.82, 2.24) is 0 Å². The predicted octanol–water partition coefficient (Wildman–Crippen LogP) is 2.90. The molecule has 0 unspecified atom stereocenters. The molecule has 0 aromatic heterocycles. The van der Waals surface area contributed by atoms with Crippen LogP contribution in [0.5, 0.6) is 0 Å². The average Bonchev–Trinajstić information content (AvgIpc) is 2.18. The molecule has 76 valence electrons. The molecule has 14 heavy (non-hydrogen) atoms. The zero-order chi connectivity index (χ0) is 10.6. The Balaban J connectivity index is 2.80. The van der Waals surface area contributed by atoms with Gasteiger partial charge in [0, 0.05) is 0 Å². The molecule has 0 spiro atoms. The fourth-order valence-corrected chi connectivity index (χ4v) is 1.37. The minimum absolute atomic E-state index is 0.181. The minimum Gasteiger partial charge on any atom is -0.454 e. The molecular formula is C11H13IO2. The molecule has 0 aliphatic rings. The van der Waals surface area contributed by atoms with Crippen LogP contribution in [0.4, 0.5) is 0 Å². The summed E-state index contributed by atoms with van der Waals surface area (Å²) in [5, 5.41) is 0. The number of hydrogen-bond donors (Lipinski definition) is 0. The van der Waals surface area contributed by atoms with E-state index >= 15 is 0 Å². The molecule has 0 saturated carbocycles. The number of halogens is 1. The highest BCUT2D eigenvalue weighted by Gasteiger charge is 2.24. The lowest BCUT2D eigenvalue weighted by Crippen LogP contribution is -2.25. The molecule has 2 nitrogen and oxygen atoms in total. The topological polar surface area (TPSA) is 26.3 Å². The van der Waals surface area contributed by atoms with Crippen LogP contribution in [-0.2, 0) is 15.1 Å². The van der Waals surface area contributed by atoms with Gasteiger partial charge < -0.3 is 4.74 Å². The second-order valence-electron chi connectivity index (χ2n) is 3.48. The Morgan fingerprint density at radius 3 is 2.43 bits per heavy atom. The van der Waals surface area contributed by atoms with Crippen LogP contribution in [0.2, 0.25) is 0 Å². The fourth-order valence-electron chi connectivity index (χ4n) is 1.21. The molecule has 0 atom stereocenters. The van der Waals surface area contributed by atoms with Gasteiger partial charge in [-0.05, 0) is 19.4 Å². The normalized spacial score (nSPS) is 11.1. The summed E-state index contributed by atoms with van der Waals surface area (Å²) in [7, 11) is 0. The monoisotopic (exact) mass is 304 g/mol. The highest BCUT2D eigenvalue weighted by atomic mass is 127. The third-order valence-corrected chi connectivity index (χ3v) is 2.57. The summed E-state index contributed by atoms with van der Waals surface area (Å²) in [5.41, 5.74) is 0.474. The van der Waals surface area contributed by atoms with E-state index in [1.165, 1.54) is 0 Å². The first-order chi connectivity index (χ1) is 6.56. The third kappa shape index (κ3) is 2.97. The van der Waals surface area contributed by atoms with Gasteiger partial charge in [-0.3, -0.25) is 4.79 Å². The van der Waals surface area contributed by atoms with E-state index in [4.69, 9.17) is 4.74 Å². The number of rotatable bonds is 3. The quantitative estimate of drug-likeness (QED) is 0.487. The summed E-state index contributed by atoms with van der Waals surface area (Å²) in [4.78, 5) is 11.2. The predicted molar refractivity (Wildman–Crippen MR) is 64.4 cm³/mol. The molecule has 0 amide bonds. The maximum Gasteiger partial charge on any atom is 0.316 e. The van der Waals surface area contributed by atoms with Gasteiger partial charge in [0.25, 0.3) is 0 Å². The van der Waals surface area contributed by atoms with E-state index in [-0.39, 0.29) is 5.97 Å². The fraction of sp³-hybridized carbons (Fsp3) is 0.364. The zero-order valence-corrected chi connectivity index (χ0v) is 10.4. The van der Waals surface area contributed by atoms with Crippen LogP contribution in [-0.4, -0.2) is 10.4 Å². The van der Waals surface area contributed by atoms with Crippen molar-refractivity contribution < 1.29 is 9.53 Å². The second kappa shape index (κ2) is 4.77. The molecule has 1 aromatic carbocycles. The van der Waals surface area contributed by atoms with Crippen LogP contribution in [0.25, 0.3) is 0 Å². The molecule has 0 bridgehead atoms. The minimum atomic E-state index is -0.538. The number of hydrogen-bond acceptors (Lipinski definition) is 2. The molecule has 0 N–H and O–H groups in total. The molecule has 0 heterocycles. The summed E-state index contributed by atoms with van der Waals surface area (Å²) >= 11 is 2.00. The van der Waals surface area contributed by atoms with E-state index in [9.17, 15) is 4.79 Å². The van der Waals surface area contributed by atoms with E-state index in [2.05, 4.69) is 0 Å². The summed E-state index contributed by atoms with van der Waals surface area (Å²) in [6, 6.07) is 9.74. The van der Waals surface area contributed by atoms with Crippen LogP contribution in [0.1, 0.15) is 19.4 Å². The van der Waals surface area contributed by atoms with E-state index in [1.54, 1.807) is 0 Å². The van der Waals surface area contributed by atoms with Gasteiger partial charge in [0.1, 0.15) is 5.60 Å². The van der Waals surface area contributed by atoms with Gasteiger partial charge in [-0.1, -0.05) is 52.9 Å². The molecule has 1 aromatic rings. The van der Waals surface area contributed by atoms with Crippen molar-refractivity contribution in [1.29, 1.82) is 0 Å². The maximum atomic E-state index is 11.2. The standard InChI is InChI=1S/C11H13IO2/c1-11(2,14-10(13)8-12)9-6-4-3-5-7-9/h3-7H,8H2,1-2H3. The first kappa shape index (κ1) is 11.5. The Hall–Kier alpha value is -0.580. The van der Waals surface area contributed by atoms with Gasteiger partial charge >= 0.3 is 5.97 Å². The molecule has 3 heteroatoms. The Bertz CT molecular complexity index is 306.